The zero-order valence-corrected chi connectivity index (χ0v) is 9.29. The SMILES string of the molecule is CCC(C)Nc1cc(C)cc(OC)n1. The molecule has 0 aromatic carbocycles. The van der Waals surface area contributed by atoms with Gasteiger partial charge in [-0.05, 0) is 31.9 Å². The molecule has 0 aliphatic carbocycles. The second kappa shape index (κ2) is 4.84. The van der Waals surface area contributed by atoms with Gasteiger partial charge in [0.25, 0.3) is 0 Å². The number of aromatic nitrogens is 1. The van der Waals surface area contributed by atoms with Crippen LogP contribution in [0.3, 0.4) is 0 Å². The van der Waals surface area contributed by atoms with E-state index in [4.69, 9.17) is 4.74 Å². The van der Waals surface area contributed by atoms with E-state index in [0.29, 0.717) is 11.9 Å². The van der Waals surface area contributed by atoms with Gasteiger partial charge in [-0.15, -0.1) is 0 Å². The summed E-state index contributed by atoms with van der Waals surface area (Å²) in [5, 5.41) is 3.32. The van der Waals surface area contributed by atoms with Crippen molar-refractivity contribution in [1.82, 2.24) is 4.98 Å². The Morgan fingerprint density at radius 3 is 2.79 bits per heavy atom. The molecule has 0 saturated heterocycles. The van der Waals surface area contributed by atoms with E-state index in [0.717, 1.165) is 17.8 Å². The number of ether oxygens (including phenoxy) is 1. The molecule has 1 aromatic rings. The van der Waals surface area contributed by atoms with E-state index in [1.54, 1.807) is 7.11 Å². The third kappa shape index (κ3) is 2.91. The average molecular weight is 194 g/mol. The lowest BCUT2D eigenvalue weighted by Gasteiger charge is -2.13. The number of methoxy groups -OCH3 is 1. The summed E-state index contributed by atoms with van der Waals surface area (Å²) in [6.45, 7) is 6.31. The van der Waals surface area contributed by atoms with E-state index in [2.05, 4.69) is 24.1 Å². The minimum Gasteiger partial charge on any atom is -0.481 e. The molecule has 1 atom stereocenters. The second-order valence-electron chi connectivity index (χ2n) is 3.53. The Labute approximate surface area is 85.5 Å². The van der Waals surface area contributed by atoms with Crippen LogP contribution in [0.2, 0.25) is 0 Å². The normalized spacial score (nSPS) is 12.3. The van der Waals surface area contributed by atoms with Crippen LogP contribution in [0.15, 0.2) is 12.1 Å². The van der Waals surface area contributed by atoms with Gasteiger partial charge in [-0.25, -0.2) is 0 Å². The number of nitrogens with one attached hydrogen (secondary N) is 1. The maximum Gasteiger partial charge on any atom is 0.215 e. The van der Waals surface area contributed by atoms with Crippen LogP contribution in [0.25, 0.3) is 0 Å². The summed E-state index contributed by atoms with van der Waals surface area (Å²) < 4.78 is 5.10. The minimum absolute atomic E-state index is 0.439. The molecule has 0 fully saturated rings. The zero-order chi connectivity index (χ0) is 10.6. The van der Waals surface area contributed by atoms with Crippen molar-refractivity contribution >= 4 is 5.82 Å². The molecule has 1 aromatic heterocycles. The highest BCUT2D eigenvalue weighted by Gasteiger charge is 2.02. The monoisotopic (exact) mass is 194 g/mol. The smallest absolute Gasteiger partial charge is 0.215 e. The molecule has 1 N–H and O–H groups in total. The number of anilines is 1. The molecule has 0 aliphatic heterocycles. The van der Waals surface area contributed by atoms with Gasteiger partial charge in [0.15, 0.2) is 0 Å². The Morgan fingerprint density at radius 2 is 2.21 bits per heavy atom. The fourth-order valence-electron chi connectivity index (χ4n) is 1.17. The van der Waals surface area contributed by atoms with Crippen molar-refractivity contribution in [2.24, 2.45) is 0 Å². The first kappa shape index (κ1) is 10.8. The quantitative estimate of drug-likeness (QED) is 0.800. The number of aryl methyl sites for hydroxylation is 1. The number of pyridine rings is 1. The van der Waals surface area contributed by atoms with Gasteiger partial charge in [-0.3, -0.25) is 0 Å². The Hall–Kier alpha value is -1.25. The minimum atomic E-state index is 0.439. The largest absolute Gasteiger partial charge is 0.481 e. The Kier molecular flexibility index (Phi) is 3.74. The third-order valence-corrected chi connectivity index (χ3v) is 2.16. The first-order chi connectivity index (χ1) is 6.65. The Bertz CT molecular complexity index is 299. The molecule has 0 bridgehead atoms. The predicted molar refractivity (Wildman–Crippen MR) is 58.9 cm³/mol. The molecule has 0 radical (unpaired) electrons. The average Bonchev–Trinajstić information content (AvgIpc) is 2.16. The van der Waals surface area contributed by atoms with Crippen LogP contribution in [0.1, 0.15) is 25.8 Å². The predicted octanol–water partition coefficient (Wildman–Crippen LogP) is 2.61. The van der Waals surface area contributed by atoms with Crippen molar-refractivity contribution in [3.05, 3.63) is 17.7 Å². The van der Waals surface area contributed by atoms with Gasteiger partial charge in [0.2, 0.25) is 5.88 Å². The number of nitrogens with zero attached hydrogens (tertiary/aromatic N) is 1. The first-order valence-corrected chi connectivity index (χ1v) is 4.95. The first-order valence-electron chi connectivity index (χ1n) is 4.95. The standard InChI is InChI=1S/C11H18N2O/c1-5-9(3)12-10-6-8(2)7-11(13-10)14-4/h6-7,9H,5H2,1-4H3,(H,12,13). The molecule has 3 nitrogen and oxygen atoms in total. The van der Waals surface area contributed by atoms with Crippen molar-refractivity contribution in [3.63, 3.8) is 0 Å². The molecule has 1 unspecified atom stereocenters. The van der Waals surface area contributed by atoms with Crippen LogP contribution in [-0.4, -0.2) is 18.1 Å². The molecule has 3 heteroatoms. The van der Waals surface area contributed by atoms with Crippen LogP contribution < -0.4 is 10.1 Å². The molecule has 1 rings (SSSR count). The van der Waals surface area contributed by atoms with Crippen LogP contribution in [0.4, 0.5) is 5.82 Å². The molecule has 78 valence electrons. The Balaban J connectivity index is 2.81. The van der Waals surface area contributed by atoms with E-state index in [1.165, 1.54) is 0 Å². The van der Waals surface area contributed by atoms with Gasteiger partial charge in [0, 0.05) is 12.1 Å². The second-order valence-corrected chi connectivity index (χ2v) is 3.53. The van der Waals surface area contributed by atoms with Crippen LogP contribution in [0.5, 0.6) is 5.88 Å². The number of hydrogen-bond donors (Lipinski definition) is 1. The van der Waals surface area contributed by atoms with Crippen LogP contribution >= 0.6 is 0 Å². The van der Waals surface area contributed by atoms with Crippen molar-refractivity contribution in [1.29, 1.82) is 0 Å². The van der Waals surface area contributed by atoms with Gasteiger partial charge in [0.1, 0.15) is 5.82 Å². The summed E-state index contributed by atoms with van der Waals surface area (Å²) in [6, 6.07) is 4.38. The highest BCUT2D eigenvalue weighted by molar-refractivity contribution is 5.41. The van der Waals surface area contributed by atoms with E-state index in [-0.39, 0.29) is 0 Å². The highest BCUT2D eigenvalue weighted by atomic mass is 16.5. The summed E-state index contributed by atoms with van der Waals surface area (Å²) >= 11 is 0. The lowest BCUT2D eigenvalue weighted by atomic mass is 10.2. The van der Waals surface area contributed by atoms with Crippen molar-refractivity contribution in [2.75, 3.05) is 12.4 Å². The van der Waals surface area contributed by atoms with Gasteiger partial charge in [-0.2, -0.15) is 4.98 Å². The van der Waals surface area contributed by atoms with E-state index in [1.807, 2.05) is 19.1 Å². The highest BCUT2D eigenvalue weighted by Crippen LogP contribution is 2.16. The maximum absolute atomic E-state index is 5.10. The van der Waals surface area contributed by atoms with Gasteiger partial charge in [0.05, 0.1) is 7.11 Å². The van der Waals surface area contributed by atoms with Gasteiger partial charge < -0.3 is 10.1 Å². The lowest BCUT2D eigenvalue weighted by molar-refractivity contribution is 0.398. The zero-order valence-electron chi connectivity index (χ0n) is 9.29. The molecule has 14 heavy (non-hydrogen) atoms. The summed E-state index contributed by atoms with van der Waals surface area (Å²) in [4.78, 5) is 4.31. The molecule has 0 amide bonds. The van der Waals surface area contributed by atoms with Gasteiger partial charge in [-0.1, -0.05) is 6.92 Å². The van der Waals surface area contributed by atoms with Crippen molar-refractivity contribution in [3.8, 4) is 5.88 Å². The van der Waals surface area contributed by atoms with E-state index < -0.39 is 0 Å². The van der Waals surface area contributed by atoms with Gasteiger partial charge >= 0.3 is 0 Å². The maximum atomic E-state index is 5.10. The summed E-state index contributed by atoms with van der Waals surface area (Å²) in [7, 11) is 1.63. The van der Waals surface area contributed by atoms with E-state index in [9.17, 15) is 0 Å². The lowest BCUT2D eigenvalue weighted by Crippen LogP contribution is -2.14. The third-order valence-electron chi connectivity index (χ3n) is 2.16. The molecule has 1 heterocycles. The molecular weight excluding hydrogens is 176 g/mol. The molecular formula is C11H18N2O. The van der Waals surface area contributed by atoms with Crippen LogP contribution in [0, 0.1) is 6.92 Å². The fourth-order valence-corrected chi connectivity index (χ4v) is 1.17. The molecule has 0 saturated carbocycles. The summed E-state index contributed by atoms with van der Waals surface area (Å²) in [6.07, 6.45) is 1.08. The summed E-state index contributed by atoms with van der Waals surface area (Å²) in [5.74, 6) is 1.55. The fraction of sp³-hybridized carbons (Fsp3) is 0.545. The molecule has 0 spiro atoms. The number of rotatable bonds is 4. The van der Waals surface area contributed by atoms with E-state index >= 15 is 0 Å². The topological polar surface area (TPSA) is 34.1 Å². The van der Waals surface area contributed by atoms with Crippen molar-refractivity contribution in [2.45, 2.75) is 33.2 Å². The molecule has 0 aliphatic rings. The van der Waals surface area contributed by atoms with Crippen LogP contribution in [-0.2, 0) is 0 Å². The number of hydrogen-bond acceptors (Lipinski definition) is 3. The summed E-state index contributed by atoms with van der Waals surface area (Å²) in [5.41, 5.74) is 1.16. The Morgan fingerprint density at radius 1 is 1.50 bits per heavy atom. The van der Waals surface area contributed by atoms with Crippen molar-refractivity contribution < 1.29 is 4.74 Å².